The molecule has 0 saturated heterocycles. The maximum atomic E-state index is 11.0. The standard InChI is InChI=1S/C12H10O/c1-2-6-12(13)10-9-11-7-4-3-5-8-11/h3-10H,1H2/b10-9+. The Bertz CT molecular complexity index is 354. The fourth-order valence-corrected chi connectivity index (χ4v) is 0.891. The minimum atomic E-state index is -0.0983. The monoisotopic (exact) mass is 170 g/mol. The first-order valence-corrected chi connectivity index (χ1v) is 3.96. The van der Waals surface area contributed by atoms with Gasteiger partial charge in [-0.25, -0.2) is 0 Å². The minimum absolute atomic E-state index is 0.0983. The van der Waals surface area contributed by atoms with Crippen LogP contribution in [0.3, 0.4) is 0 Å². The van der Waals surface area contributed by atoms with Crippen molar-refractivity contribution in [3.63, 3.8) is 0 Å². The first-order valence-electron chi connectivity index (χ1n) is 3.96. The summed E-state index contributed by atoms with van der Waals surface area (Å²) < 4.78 is 0. The Morgan fingerprint density at radius 3 is 2.62 bits per heavy atom. The molecule has 0 aliphatic carbocycles. The molecule has 0 unspecified atom stereocenters. The molecule has 0 saturated carbocycles. The highest BCUT2D eigenvalue weighted by molar-refractivity contribution is 6.01. The van der Waals surface area contributed by atoms with E-state index in [2.05, 4.69) is 12.3 Å². The van der Waals surface area contributed by atoms with Crippen LogP contribution in [-0.2, 0) is 4.79 Å². The Morgan fingerprint density at radius 1 is 1.31 bits per heavy atom. The Balaban J connectivity index is 2.69. The SMILES string of the molecule is C=C=CC(=O)/C=C/c1ccccc1. The molecule has 0 aromatic heterocycles. The molecule has 0 bridgehead atoms. The quantitative estimate of drug-likeness (QED) is 0.503. The lowest BCUT2D eigenvalue weighted by Gasteiger charge is -1.88. The summed E-state index contributed by atoms with van der Waals surface area (Å²) in [6.07, 6.45) is 4.56. The molecule has 0 heterocycles. The summed E-state index contributed by atoms with van der Waals surface area (Å²) in [5.41, 5.74) is 3.44. The number of hydrogen-bond acceptors (Lipinski definition) is 1. The van der Waals surface area contributed by atoms with Crippen molar-refractivity contribution >= 4 is 11.9 Å². The topological polar surface area (TPSA) is 17.1 Å². The van der Waals surface area contributed by atoms with Gasteiger partial charge in [-0.05, 0) is 11.6 Å². The number of ketones is 1. The molecular formula is C12H10O. The van der Waals surface area contributed by atoms with E-state index < -0.39 is 0 Å². The van der Waals surface area contributed by atoms with E-state index in [0.717, 1.165) is 5.56 Å². The van der Waals surface area contributed by atoms with Crippen molar-refractivity contribution in [3.05, 3.63) is 60.4 Å². The Hall–Kier alpha value is -1.85. The number of hydrogen-bond donors (Lipinski definition) is 0. The van der Waals surface area contributed by atoms with E-state index in [0.29, 0.717) is 0 Å². The third-order valence-corrected chi connectivity index (χ3v) is 1.48. The van der Waals surface area contributed by atoms with Crippen LogP contribution in [0.25, 0.3) is 6.08 Å². The van der Waals surface area contributed by atoms with Gasteiger partial charge in [0.2, 0.25) is 0 Å². The van der Waals surface area contributed by atoms with Gasteiger partial charge in [0, 0.05) is 6.08 Å². The Labute approximate surface area is 77.7 Å². The molecule has 0 amide bonds. The highest BCUT2D eigenvalue weighted by Gasteiger charge is 1.87. The molecule has 1 heteroatoms. The van der Waals surface area contributed by atoms with Crippen LogP contribution in [-0.4, -0.2) is 5.78 Å². The van der Waals surface area contributed by atoms with Gasteiger partial charge >= 0.3 is 0 Å². The number of carbonyl (C=O) groups is 1. The van der Waals surface area contributed by atoms with Gasteiger partial charge in [-0.1, -0.05) is 43.0 Å². The second-order valence-electron chi connectivity index (χ2n) is 2.49. The van der Waals surface area contributed by atoms with Crippen molar-refractivity contribution < 1.29 is 4.79 Å². The van der Waals surface area contributed by atoms with Gasteiger partial charge < -0.3 is 0 Å². The largest absolute Gasteiger partial charge is 0.289 e. The average molecular weight is 170 g/mol. The Kier molecular flexibility index (Phi) is 3.49. The summed E-state index contributed by atoms with van der Waals surface area (Å²) in [6, 6.07) is 9.65. The number of rotatable bonds is 3. The van der Waals surface area contributed by atoms with Crippen LogP contribution in [0.2, 0.25) is 0 Å². The van der Waals surface area contributed by atoms with Crippen LogP contribution in [0.1, 0.15) is 5.56 Å². The van der Waals surface area contributed by atoms with E-state index in [1.807, 2.05) is 30.3 Å². The van der Waals surface area contributed by atoms with Crippen molar-refractivity contribution in [2.45, 2.75) is 0 Å². The van der Waals surface area contributed by atoms with Crippen LogP contribution in [0.5, 0.6) is 0 Å². The predicted molar refractivity (Wildman–Crippen MR) is 54.2 cm³/mol. The summed E-state index contributed by atoms with van der Waals surface area (Å²) in [7, 11) is 0. The lowest BCUT2D eigenvalue weighted by Crippen LogP contribution is -1.82. The molecule has 64 valence electrons. The first kappa shape index (κ1) is 9.24. The molecule has 0 radical (unpaired) electrons. The van der Waals surface area contributed by atoms with Crippen molar-refractivity contribution in [3.8, 4) is 0 Å². The van der Waals surface area contributed by atoms with Crippen LogP contribution in [0.4, 0.5) is 0 Å². The molecule has 0 N–H and O–H groups in total. The van der Waals surface area contributed by atoms with Crippen molar-refractivity contribution in [2.24, 2.45) is 0 Å². The van der Waals surface area contributed by atoms with Gasteiger partial charge in [-0.3, -0.25) is 4.79 Å². The van der Waals surface area contributed by atoms with Crippen molar-refractivity contribution in [1.82, 2.24) is 0 Å². The molecule has 1 aromatic carbocycles. The molecule has 1 rings (SSSR count). The normalized spacial score (nSPS) is 9.54. The van der Waals surface area contributed by atoms with E-state index in [-0.39, 0.29) is 5.78 Å². The van der Waals surface area contributed by atoms with Gasteiger partial charge in [0.15, 0.2) is 5.78 Å². The smallest absolute Gasteiger partial charge is 0.186 e. The van der Waals surface area contributed by atoms with E-state index in [1.54, 1.807) is 6.08 Å². The third-order valence-electron chi connectivity index (χ3n) is 1.48. The molecule has 0 fully saturated rings. The van der Waals surface area contributed by atoms with E-state index in [9.17, 15) is 4.79 Å². The average Bonchev–Trinajstić information content (AvgIpc) is 2.17. The summed E-state index contributed by atoms with van der Waals surface area (Å²) in [4.78, 5) is 11.0. The van der Waals surface area contributed by atoms with E-state index >= 15 is 0 Å². The van der Waals surface area contributed by atoms with Crippen LogP contribution >= 0.6 is 0 Å². The van der Waals surface area contributed by atoms with E-state index in [4.69, 9.17) is 0 Å². The molecule has 13 heavy (non-hydrogen) atoms. The third kappa shape index (κ3) is 3.37. The van der Waals surface area contributed by atoms with Gasteiger partial charge in [0.25, 0.3) is 0 Å². The van der Waals surface area contributed by atoms with Gasteiger partial charge in [-0.15, -0.1) is 5.73 Å². The second kappa shape index (κ2) is 4.91. The summed E-state index contributed by atoms with van der Waals surface area (Å²) in [6.45, 7) is 3.32. The summed E-state index contributed by atoms with van der Waals surface area (Å²) in [5.74, 6) is -0.0983. The molecular weight excluding hydrogens is 160 g/mol. The zero-order valence-electron chi connectivity index (χ0n) is 7.23. The first-order chi connectivity index (χ1) is 6.33. The lowest BCUT2D eigenvalue weighted by molar-refractivity contribution is -0.110. The number of allylic oxidation sites excluding steroid dienone is 2. The molecule has 0 aliphatic rings. The van der Waals surface area contributed by atoms with Crippen LogP contribution < -0.4 is 0 Å². The summed E-state index contributed by atoms with van der Waals surface area (Å²) in [5, 5.41) is 0. The van der Waals surface area contributed by atoms with Gasteiger partial charge in [0.1, 0.15) is 0 Å². The molecule has 1 nitrogen and oxygen atoms in total. The summed E-state index contributed by atoms with van der Waals surface area (Å²) >= 11 is 0. The number of benzene rings is 1. The van der Waals surface area contributed by atoms with Crippen LogP contribution in [0.15, 0.2) is 54.8 Å². The highest BCUT2D eigenvalue weighted by atomic mass is 16.1. The Morgan fingerprint density at radius 2 is 2.00 bits per heavy atom. The van der Waals surface area contributed by atoms with E-state index in [1.165, 1.54) is 12.2 Å². The fourth-order valence-electron chi connectivity index (χ4n) is 0.891. The zero-order valence-corrected chi connectivity index (χ0v) is 7.23. The molecule has 0 atom stereocenters. The molecule has 0 spiro atoms. The lowest BCUT2D eigenvalue weighted by atomic mass is 10.2. The maximum Gasteiger partial charge on any atom is 0.186 e. The second-order valence-corrected chi connectivity index (χ2v) is 2.49. The number of carbonyl (C=O) groups excluding carboxylic acids is 1. The van der Waals surface area contributed by atoms with Crippen molar-refractivity contribution in [2.75, 3.05) is 0 Å². The predicted octanol–water partition coefficient (Wildman–Crippen LogP) is 2.61. The molecule has 1 aromatic rings. The minimum Gasteiger partial charge on any atom is -0.289 e. The maximum absolute atomic E-state index is 11.0. The van der Waals surface area contributed by atoms with Gasteiger partial charge in [0.05, 0.1) is 0 Å². The van der Waals surface area contributed by atoms with Gasteiger partial charge in [-0.2, -0.15) is 0 Å². The van der Waals surface area contributed by atoms with Crippen molar-refractivity contribution in [1.29, 1.82) is 0 Å². The fraction of sp³-hybridized carbons (Fsp3) is 0. The highest BCUT2D eigenvalue weighted by Crippen LogP contribution is 2.00. The van der Waals surface area contributed by atoms with Crippen LogP contribution in [0, 0.1) is 0 Å². The molecule has 0 aliphatic heterocycles. The zero-order chi connectivity index (χ0) is 9.52.